The highest BCUT2D eigenvalue weighted by Crippen LogP contribution is 1.69. The van der Waals surface area contributed by atoms with Crippen LogP contribution in [0.25, 0.3) is 0 Å². The number of hydrogen-bond acceptors (Lipinski definition) is 8. The highest BCUT2D eigenvalue weighted by molar-refractivity contribution is 5.72. The molecule has 0 amide bonds. The standard InChI is InChI=1S/2C3H7NO2.C3H8O2.C2H6O2/c2*1-2(4)3(5)6;1-3(5)2-4;3-1-2-4/h2*2H,4H2,1H3,(H,5,6);3-5H,2H2,1H3;3-4H,1-2H2. The molecule has 0 aliphatic heterocycles. The van der Waals surface area contributed by atoms with Gasteiger partial charge < -0.3 is 42.1 Å². The van der Waals surface area contributed by atoms with E-state index >= 15 is 0 Å². The van der Waals surface area contributed by atoms with Crippen LogP contribution in [0.15, 0.2) is 0 Å². The zero-order valence-electron chi connectivity index (χ0n) is 12.5. The van der Waals surface area contributed by atoms with Crippen LogP contribution in [-0.2, 0) is 9.59 Å². The van der Waals surface area contributed by atoms with Crippen LogP contribution in [0.1, 0.15) is 20.8 Å². The SMILES string of the molecule is CC(N)C(=O)O.CC(N)C(=O)O.CC(O)CO.OCCO. The Bertz CT molecular complexity index is 214. The van der Waals surface area contributed by atoms with Gasteiger partial charge in [-0.2, -0.15) is 0 Å². The van der Waals surface area contributed by atoms with Crippen molar-refractivity contribution < 1.29 is 40.2 Å². The van der Waals surface area contributed by atoms with E-state index in [1.165, 1.54) is 20.8 Å². The van der Waals surface area contributed by atoms with E-state index in [0.717, 1.165) is 0 Å². The summed E-state index contributed by atoms with van der Waals surface area (Å²) in [5.41, 5.74) is 9.67. The van der Waals surface area contributed by atoms with Gasteiger partial charge in [-0.3, -0.25) is 9.59 Å². The number of hydrogen-bond donors (Lipinski definition) is 8. The van der Waals surface area contributed by atoms with Crippen LogP contribution in [0.2, 0.25) is 0 Å². The fraction of sp³-hybridized carbons (Fsp3) is 0.818. The summed E-state index contributed by atoms with van der Waals surface area (Å²) in [6.07, 6.45) is -0.560. The first-order chi connectivity index (χ1) is 9.47. The fourth-order valence-electron chi connectivity index (χ4n) is 0. The first-order valence-corrected chi connectivity index (χ1v) is 5.95. The zero-order valence-corrected chi connectivity index (χ0v) is 12.5. The van der Waals surface area contributed by atoms with Crippen molar-refractivity contribution in [2.75, 3.05) is 19.8 Å². The van der Waals surface area contributed by atoms with Gasteiger partial charge in [0.25, 0.3) is 0 Å². The molecule has 0 aromatic carbocycles. The van der Waals surface area contributed by atoms with Crippen LogP contribution < -0.4 is 11.5 Å². The van der Waals surface area contributed by atoms with Crippen LogP contribution in [0, 0.1) is 0 Å². The normalized spacial score (nSPS) is 12.8. The molecular weight excluding hydrogens is 288 g/mol. The quantitative estimate of drug-likeness (QED) is 0.266. The summed E-state index contributed by atoms with van der Waals surface area (Å²) in [4.78, 5) is 19.1. The van der Waals surface area contributed by atoms with Crippen LogP contribution in [-0.4, -0.2) is 80.6 Å². The second-order valence-corrected chi connectivity index (χ2v) is 3.73. The predicted molar refractivity (Wildman–Crippen MR) is 75.5 cm³/mol. The van der Waals surface area contributed by atoms with Crippen LogP contribution in [0.3, 0.4) is 0 Å². The van der Waals surface area contributed by atoms with Crippen molar-refractivity contribution in [3.05, 3.63) is 0 Å². The number of carbonyl (C=O) groups is 2. The van der Waals surface area contributed by atoms with Crippen molar-refractivity contribution in [1.29, 1.82) is 0 Å². The average Bonchev–Trinajstić information content (AvgIpc) is 2.40. The molecular formula is C11H28N2O8. The van der Waals surface area contributed by atoms with Crippen molar-refractivity contribution in [2.24, 2.45) is 11.5 Å². The Morgan fingerprint density at radius 1 is 0.857 bits per heavy atom. The predicted octanol–water partition coefficient (Wildman–Crippen LogP) is -2.83. The van der Waals surface area contributed by atoms with Gasteiger partial charge in [-0.05, 0) is 20.8 Å². The molecule has 3 unspecified atom stereocenters. The molecule has 0 radical (unpaired) electrons. The van der Waals surface area contributed by atoms with Crippen molar-refractivity contribution in [1.82, 2.24) is 0 Å². The average molecular weight is 316 g/mol. The second-order valence-electron chi connectivity index (χ2n) is 3.73. The lowest BCUT2D eigenvalue weighted by atomic mass is 10.4. The number of aliphatic hydroxyl groups is 4. The molecule has 130 valence electrons. The lowest BCUT2D eigenvalue weighted by Crippen LogP contribution is -2.25. The second kappa shape index (κ2) is 21.0. The molecule has 0 saturated heterocycles. The fourth-order valence-corrected chi connectivity index (χ4v) is 0. The van der Waals surface area contributed by atoms with E-state index < -0.39 is 30.1 Å². The maximum Gasteiger partial charge on any atom is 0.320 e. The van der Waals surface area contributed by atoms with Gasteiger partial charge >= 0.3 is 11.9 Å². The van der Waals surface area contributed by atoms with E-state index in [4.69, 9.17) is 42.1 Å². The molecule has 0 aliphatic carbocycles. The minimum absolute atomic E-state index is 0.125. The molecule has 10 N–H and O–H groups in total. The number of nitrogens with two attached hydrogens (primary N) is 2. The summed E-state index contributed by atoms with van der Waals surface area (Å²) in [6.45, 7) is 3.98. The number of aliphatic hydroxyl groups excluding tert-OH is 4. The molecule has 10 nitrogen and oxygen atoms in total. The molecule has 10 heteroatoms. The third kappa shape index (κ3) is 55.4. The van der Waals surface area contributed by atoms with E-state index in [9.17, 15) is 9.59 Å². The Balaban J connectivity index is -0.0000000929. The number of carboxylic acid groups (broad SMARTS) is 2. The summed E-state index contributed by atoms with van der Waals surface area (Å²) >= 11 is 0. The van der Waals surface area contributed by atoms with E-state index in [2.05, 4.69) is 0 Å². The van der Waals surface area contributed by atoms with Crippen LogP contribution >= 0.6 is 0 Å². The third-order valence-electron chi connectivity index (χ3n) is 1.14. The molecule has 0 saturated carbocycles. The molecule has 0 fully saturated rings. The topological polar surface area (TPSA) is 208 Å². The summed E-state index contributed by atoms with van der Waals surface area (Å²) in [5.74, 6) is -1.93. The number of carboxylic acids is 2. The van der Waals surface area contributed by atoms with Gasteiger partial charge in [0.15, 0.2) is 0 Å². The summed E-state index contributed by atoms with van der Waals surface area (Å²) in [6, 6.07) is -1.46. The Morgan fingerprint density at radius 3 is 1.00 bits per heavy atom. The molecule has 3 atom stereocenters. The first-order valence-electron chi connectivity index (χ1n) is 5.95. The Morgan fingerprint density at radius 2 is 1.00 bits per heavy atom. The molecule has 0 aromatic rings. The van der Waals surface area contributed by atoms with Crippen molar-refractivity contribution in [3.8, 4) is 0 Å². The van der Waals surface area contributed by atoms with E-state index in [1.54, 1.807) is 0 Å². The largest absolute Gasteiger partial charge is 0.480 e. The van der Waals surface area contributed by atoms with Gasteiger partial charge in [0.1, 0.15) is 12.1 Å². The highest BCUT2D eigenvalue weighted by Gasteiger charge is 2.00. The molecule has 0 spiro atoms. The highest BCUT2D eigenvalue weighted by atomic mass is 16.4. The van der Waals surface area contributed by atoms with Gasteiger partial charge in [0.2, 0.25) is 0 Å². The maximum absolute atomic E-state index is 9.57. The Kier molecular flexibility index (Phi) is 28.0. The minimum atomic E-state index is -0.963. The van der Waals surface area contributed by atoms with E-state index in [1.807, 2.05) is 0 Å². The lowest BCUT2D eigenvalue weighted by Gasteiger charge is -1.90. The van der Waals surface area contributed by atoms with Crippen molar-refractivity contribution >= 4 is 11.9 Å². The van der Waals surface area contributed by atoms with Gasteiger partial charge in [0, 0.05) is 0 Å². The molecule has 0 heterocycles. The zero-order chi connectivity index (χ0) is 18.0. The molecule has 0 aromatic heterocycles. The molecule has 21 heavy (non-hydrogen) atoms. The van der Waals surface area contributed by atoms with Crippen LogP contribution in [0.4, 0.5) is 0 Å². The first kappa shape index (κ1) is 27.9. The number of rotatable bonds is 4. The summed E-state index contributed by atoms with van der Waals surface area (Å²) < 4.78 is 0. The monoisotopic (exact) mass is 316 g/mol. The third-order valence-corrected chi connectivity index (χ3v) is 1.14. The van der Waals surface area contributed by atoms with Crippen molar-refractivity contribution in [2.45, 2.75) is 39.0 Å². The summed E-state index contributed by atoms with van der Waals surface area (Å²) in [5, 5.41) is 47.0. The lowest BCUT2D eigenvalue weighted by molar-refractivity contribution is -0.139. The summed E-state index contributed by atoms with van der Waals surface area (Å²) in [7, 11) is 0. The molecule has 0 rings (SSSR count). The smallest absolute Gasteiger partial charge is 0.320 e. The van der Waals surface area contributed by atoms with E-state index in [-0.39, 0.29) is 19.8 Å². The van der Waals surface area contributed by atoms with Crippen molar-refractivity contribution in [3.63, 3.8) is 0 Å². The Labute approximate surface area is 123 Å². The number of aliphatic carboxylic acids is 2. The van der Waals surface area contributed by atoms with Gasteiger partial charge in [-0.1, -0.05) is 0 Å². The Hall–Kier alpha value is -1.30. The van der Waals surface area contributed by atoms with Gasteiger partial charge in [-0.25, -0.2) is 0 Å². The maximum atomic E-state index is 9.57. The molecule has 0 bridgehead atoms. The van der Waals surface area contributed by atoms with Gasteiger partial charge in [0.05, 0.1) is 25.9 Å². The van der Waals surface area contributed by atoms with E-state index in [0.29, 0.717) is 0 Å². The van der Waals surface area contributed by atoms with Crippen LogP contribution in [0.5, 0.6) is 0 Å². The van der Waals surface area contributed by atoms with Gasteiger partial charge in [-0.15, -0.1) is 0 Å². The molecule has 0 aliphatic rings. The minimum Gasteiger partial charge on any atom is -0.480 e.